The Kier molecular flexibility index (Phi) is 8.09. The molecule has 3 fully saturated rings. The molecule has 1 unspecified atom stereocenters. The molecule has 0 aliphatic carbocycles. The summed E-state index contributed by atoms with van der Waals surface area (Å²) in [5.41, 5.74) is 0. The lowest BCUT2D eigenvalue weighted by molar-refractivity contribution is -0.130. The van der Waals surface area contributed by atoms with E-state index < -0.39 is 0 Å². The van der Waals surface area contributed by atoms with Crippen LogP contribution in [0.5, 0.6) is 0 Å². The van der Waals surface area contributed by atoms with Crippen LogP contribution in [0.3, 0.4) is 0 Å². The molecule has 2 aromatic heterocycles. The van der Waals surface area contributed by atoms with Gasteiger partial charge in [-0.25, -0.2) is 4.79 Å². The average molecular weight is 542 g/mol. The van der Waals surface area contributed by atoms with Gasteiger partial charge in [0.15, 0.2) is 0 Å². The highest BCUT2D eigenvalue weighted by Gasteiger charge is 2.42. The molecule has 10 heteroatoms. The van der Waals surface area contributed by atoms with Gasteiger partial charge < -0.3 is 19.7 Å². The maximum atomic E-state index is 13.2. The minimum absolute atomic E-state index is 0.00297. The summed E-state index contributed by atoms with van der Waals surface area (Å²) in [5.74, 6) is 2.60. The van der Waals surface area contributed by atoms with E-state index in [1.165, 1.54) is 22.6 Å². The molecule has 3 aliphatic heterocycles. The van der Waals surface area contributed by atoms with Gasteiger partial charge in [0, 0.05) is 73.4 Å². The van der Waals surface area contributed by atoms with Crippen LogP contribution in [-0.4, -0.2) is 86.2 Å². The molecule has 0 radical (unpaired) electrons. The van der Waals surface area contributed by atoms with E-state index in [2.05, 4.69) is 64.8 Å². The molecule has 0 spiro atoms. The van der Waals surface area contributed by atoms with E-state index in [1.807, 2.05) is 9.80 Å². The lowest BCUT2D eigenvalue weighted by Crippen LogP contribution is -2.53. The summed E-state index contributed by atoms with van der Waals surface area (Å²) in [6.45, 7) is 13.6. The number of fused-ring (bicyclic) bond motifs is 2. The van der Waals surface area contributed by atoms with Crippen LogP contribution in [0.2, 0.25) is 0 Å². The molecule has 0 saturated carbocycles. The van der Waals surface area contributed by atoms with Crippen molar-refractivity contribution in [2.45, 2.75) is 96.8 Å². The summed E-state index contributed by atoms with van der Waals surface area (Å²) < 4.78 is 2.41. The number of nitrogens with one attached hydrogen (secondary N) is 1. The number of thiophene rings is 1. The molecule has 5 heterocycles. The number of hydrogen-bond donors (Lipinski definition) is 1. The van der Waals surface area contributed by atoms with Crippen LogP contribution in [0, 0.1) is 13.8 Å². The largest absolute Gasteiger partial charge is 0.339 e. The fraction of sp³-hybridized carbons (Fsp3) is 0.714. The second kappa shape index (κ2) is 11.3. The SMILES string of the molecule is CC(=O)N1CCN(C(=O)N[C@@H](CCN2[C@@H]3CC[C@H]2CC(n2c(C)nnc2C(C)C)C3)c2ccc(C)s2)CC1. The highest BCUT2D eigenvalue weighted by molar-refractivity contribution is 7.12. The van der Waals surface area contributed by atoms with Crippen LogP contribution in [0.1, 0.15) is 92.3 Å². The first-order valence-electron chi connectivity index (χ1n) is 14.3. The summed E-state index contributed by atoms with van der Waals surface area (Å²) >= 11 is 1.78. The molecule has 38 heavy (non-hydrogen) atoms. The maximum absolute atomic E-state index is 13.2. The van der Waals surface area contributed by atoms with Crippen molar-refractivity contribution in [2.75, 3.05) is 32.7 Å². The van der Waals surface area contributed by atoms with Crippen LogP contribution in [0.4, 0.5) is 4.79 Å². The van der Waals surface area contributed by atoms with Crippen molar-refractivity contribution in [2.24, 2.45) is 0 Å². The third-order valence-corrected chi connectivity index (χ3v) is 9.84. The summed E-state index contributed by atoms with van der Waals surface area (Å²) in [4.78, 5) is 33.8. The van der Waals surface area contributed by atoms with E-state index in [0.29, 0.717) is 50.2 Å². The first-order chi connectivity index (χ1) is 18.2. The van der Waals surface area contributed by atoms with Gasteiger partial charge in [-0.15, -0.1) is 21.5 Å². The number of urea groups is 1. The molecule has 9 nitrogen and oxygen atoms in total. The predicted octanol–water partition coefficient (Wildman–Crippen LogP) is 4.25. The van der Waals surface area contributed by atoms with Crippen LogP contribution in [0.15, 0.2) is 12.1 Å². The van der Waals surface area contributed by atoms with E-state index >= 15 is 0 Å². The molecule has 2 bridgehead atoms. The van der Waals surface area contributed by atoms with Gasteiger partial charge >= 0.3 is 6.03 Å². The fourth-order valence-corrected chi connectivity index (χ4v) is 7.68. The summed E-state index contributed by atoms with van der Waals surface area (Å²) in [7, 11) is 0. The van der Waals surface area contributed by atoms with Crippen LogP contribution in [-0.2, 0) is 4.79 Å². The van der Waals surface area contributed by atoms with Crippen molar-refractivity contribution in [3.8, 4) is 0 Å². The predicted molar refractivity (Wildman–Crippen MR) is 149 cm³/mol. The highest BCUT2D eigenvalue weighted by Crippen LogP contribution is 2.42. The second-order valence-electron chi connectivity index (χ2n) is 11.6. The van der Waals surface area contributed by atoms with Crippen molar-refractivity contribution in [1.29, 1.82) is 0 Å². The molecular weight excluding hydrogens is 498 g/mol. The van der Waals surface area contributed by atoms with Gasteiger partial charge in [0.2, 0.25) is 5.91 Å². The minimum Gasteiger partial charge on any atom is -0.339 e. The number of piperidine rings is 1. The summed E-state index contributed by atoms with van der Waals surface area (Å²) in [6.07, 6.45) is 5.68. The molecule has 208 valence electrons. The Morgan fingerprint density at radius 2 is 1.66 bits per heavy atom. The molecule has 3 aliphatic rings. The number of rotatable bonds is 7. The van der Waals surface area contributed by atoms with Gasteiger partial charge in [-0.1, -0.05) is 13.8 Å². The molecule has 4 atom stereocenters. The Labute approximate surface area is 230 Å². The third kappa shape index (κ3) is 5.61. The summed E-state index contributed by atoms with van der Waals surface area (Å²) in [6, 6.07) is 5.91. The van der Waals surface area contributed by atoms with Crippen LogP contribution in [0.25, 0.3) is 0 Å². The molecule has 1 N–H and O–H groups in total. The van der Waals surface area contributed by atoms with Crippen molar-refractivity contribution < 1.29 is 9.59 Å². The van der Waals surface area contributed by atoms with E-state index in [0.717, 1.165) is 37.5 Å². The lowest BCUT2D eigenvalue weighted by atomic mass is 9.95. The van der Waals surface area contributed by atoms with Crippen LogP contribution < -0.4 is 5.32 Å². The molecule has 2 aromatic rings. The highest BCUT2D eigenvalue weighted by atomic mass is 32.1. The Bertz CT molecular complexity index is 1120. The molecule has 0 aromatic carbocycles. The van der Waals surface area contributed by atoms with E-state index in [9.17, 15) is 9.59 Å². The number of carbonyl (C=O) groups excluding carboxylic acids is 2. The average Bonchev–Trinajstić information content (AvgIpc) is 3.56. The minimum atomic E-state index is -0.0183. The Morgan fingerprint density at radius 1 is 1.00 bits per heavy atom. The number of carbonyl (C=O) groups is 2. The zero-order valence-corrected chi connectivity index (χ0v) is 24.3. The smallest absolute Gasteiger partial charge is 0.318 e. The van der Waals surface area contributed by atoms with Gasteiger partial charge in [-0.2, -0.15) is 0 Å². The Morgan fingerprint density at radius 3 is 2.24 bits per heavy atom. The summed E-state index contributed by atoms with van der Waals surface area (Å²) in [5, 5.41) is 12.3. The van der Waals surface area contributed by atoms with Gasteiger partial charge in [0.05, 0.1) is 6.04 Å². The third-order valence-electron chi connectivity index (χ3n) is 8.72. The standard InChI is InChI=1S/C28H43N7O2S/c1-18(2)27-31-30-20(4)35(27)24-16-22-7-8-23(17-24)34(22)11-10-25(26-9-6-19(3)38-26)29-28(37)33-14-12-32(13-15-33)21(5)36/h6,9,18,22-25H,7-8,10-17H2,1-5H3,(H,29,37)/t22-,23+,24?,25-/m0/s1. The molecular formula is C28H43N7O2S. The van der Waals surface area contributed by atoms with E-state index in [-0.39, 0.29) is 18.0 Å². The van der Waals surface area contributed by atoms with E-state index in [1.54, 1.807) is 18.3 Å². The van der Waals surface area contributed by atoms with Gasteiger partial charge in [0.1, 0.15) is 11.6 Å². The number of aromatic nitrogens is 3. The number of nitrogens with zero attached hydrogens (tertiary/aromatic N) is 6. The molecule has 5 rings (SSSR count). The fourth-order valence-electron chi connectivity index (χ4n) is 6.72. The zero-order valence-electron chi connectivity index (χ0n) is 23.5. The first-order valence-corrected chi connectivity index (χ1v) is 15.1. The number of amides is 3. The van der Waals surface area contributed by atoms with Crippen molar-refractivity contribution in [1.82, 2.24) is 34.8 Å². The van der Waals surface area contributed by atoms with Crippen LogP contribution >= 0.6 is 11.3 Å². The first kappa shape index (κ1) is 27.1. The molecule has 3 saturated heterocycles. The quantitative estimate of drug-likeness (QED) is 0.566. The van der Waals surface area contributed by atoms with Crippen molar-refractivity contribution >= 4 is 23.3 Å². The van der Waals surface area contributed by atoms with Gasteiger partial charge in [-0.05, 0) is 58.1 Å². The van der Waals surface area contributed by atoms with Gasteiger partial charge in [-0.3, -0.25) is 9.69 Å². The second-order valence-corrected chi connectivity index (χ2v) is 12.9. The molecule has 3 amide bonds. The zero-order chi connectivity index (χ0) is 27.0. The number of hydrogen-bond acceptors (Lipinski definition) is 6. The monoisotopic (exact) mass is 541 g/mol. The lowest BCUT2D eigenvalue weighted by Gasteiger charge is -2.41. The van der Waals surface area contributed by atoms with Gasteiger partial charge in [0.25, 0.3) is 0 Å². The van der Waals surface area contributed by atoms with E-state index in [4.69, 9.17) is 0 Å². The Hall–Kier alpha value is -2.46. The maximum Gasteiger partial charge on any atom is 0.318 e. The number of aryl methyl sites for hydroxylation is 2. The number of piperazine rings is 1. The Balaban J connectivity index is 1.23. The normalized spacial score (nSPS) is 24.7. The van der Waals surface area contributed by atoms with Crippen molar-refractivity contribution in [3.05, 3.63) is 33.5 Å². The topological polar surface area (TPSA) is 86.6 Å². The van der Waals surface area contributed by atoms with Crippen molar-refractivity contribution in [3.63, 3.8) is 0 Å².